The number of urea groups is 1. The van der Waals surface area contributed by atoms with Gasteiger partial charge in [-0.15, -0.1) is 0 Å². The largest absolute Gasteiger partial charge is 0.490 e. The Hall–Kier alpha value is -3.31. The maximum atomic E-state index is 12.2. The predicted octanol–water partition coefficient (Wildman–Crippen LogP) is 7.14. The highest BCUT2D eigenvalue weighted by molar-refractivity contribution is 6.33. The lowest BCUT2D eigenvalue weighted by Crippen LogP contribution is -2.42. The molecule has 1 atom stereocenters. The minimum Gasteiger partial charge on any atom is -0.490 e. The van der Waals surface area contributed by atoms with Crippen LogP contribution in [-0.4, -0.2) is 89.1 Å². The summed E-state index contributed by atoms with van der Waals surface area (Å²) in [4.78, 5) is 19.3. The molecule has 0 radical (unpaired) electrons. The van der Waals surface area contributed by atoms with Gasteiger partial charge in [-0.3, -0.25) is 4.99 Å². The standard InChI is InChI=1S/C36H51ClN4O6/c1-5-16-41(18-14-36(4)25-44-26-36)17-8-19-46-34-20-29(10-13-33(34)45-6-2)38-15-7-9-27(3)47-30-11-12-32(31(37)21-30)40-35(42)39-22-28-23-43-24-28/h7,9-13,15,20-21,27-28H,5-6,8,14,16-19,22-26H2,1-4H3,(H2,39,40,42). The predicted molar refractivity (Wildman–Crippen MR) is 188 cm³/mol. The lowest BCUT2D eigenvalue weighted by Gasteiger charge is -2.39. The van der Waals surface area contributed by atoms with E-state index in [1.807, 2.05) is 44.2 Å². The van der Waals surface area contributed by atoms with Crippen molar-refractivity contribution < 1.29 is 28.5 Å². The lowest BCUT2D eigenvalue weighted by atomic mass is 9.85. The van der Waals surface area contributed by atoms with Crippen molar-refractivity contribution in [3.05, 3.63) is 53.6 Å². The number of anilines is 1. The van der Waals surface area contributed by atoms with Gasteiger partial charge in [-0.2, -0.15) is 0 Å². The first-order valence-electron chi connectivity index (χ1n) is 16.8. The van der Waals surface area contributed by atoms with Crippen LogP contribution >= 0.6 is 11.6 Å². The van der Waals surface area contributed by atoms with Gasteiger partial charge in [-0.05, 0) is 82.6 Å². The van der Waals surface area contributed by atoms with Crippen LogP contribution in [0.15, 0.2) is 53.5 Å². The zero-order valence-corrected chi connectivity index (χ0v) is 29.0. The maximum Gasteiger partial charge on any atom is 0.319 e. The van der Waals surface area contributed by atoms with Crippen molar-refractivity contribution in [1.29, 1.82) is 0 Å². The molecule has 10 nitrogen and oxygen atoms in total. The summed E-state index contributed by atoms with van der Waals surface area (Å²) in [5.41, 5.74) is 1.62. The minimum atomic E-state index is -0.302. The number of benzene rings is 2. The smallest absolute Gasteiger partial charge is 0.319 e. The molecule has 258 valence electrons. The Bertz CT molecular complexity index is 1330. The summed E-state index contributed by atoms with van der Waals surface area (Å²) in [7, 11) is 0. The van der Waals surface area contributed by atoms with Gasteiger partial charge in [0, 0.05) is 42.8 Å². The van der Waals surface area contributed by atoms with Gasteiger partial charge in [0.05, 0.1) is 56.0 Å². The van der Waals surface area contributed by atoms with Crippen LogP contribution in [0.1, 0.15) is 47.0 Å². The Labute approximate surface area is 284 Å². The van der Waals surface area contributed by atoms with E-state index in [0.29, 0.717) is 66.5 Å². The van der Waals surface area contributed by atoms with Crippen LogP contribution in [0.5, 0.6) is 17.2 Å². The molecular weight excluding hydrogens is 620 g/mol. The van der Waals surface area contributed by atoms with Gasteiger partial charge in [-0.25, -0.2) is 4.79 Å². The summed E-state index contributed by atoms with van der Waals surface area (Å²) in [5, 5.41) is 5.99. The number of ether oxygens (including phenoxy) is 5. The van der Waals surface area contributed by atoms with Crippen molar-refractivity contribution in [2.24, 2.45) is 16.3 Å². The highest BCUT2D eigenvalue weighted by atomic mass is 35.5. The molecule has 2 aliphatic rings. The van der Waals surface area contributed by atoms with Gasteiger partial charge < -0.3 is 39.2 Å². The Morgan fingerprint density at radius 1 is 1.11 bits per heavy atom. The van der Waals surface area contributed by atoms with Gasteiger partial charge >= 0.3 is 6.03 Å². The van der Waals surface area contributed by atoms with Gasteiger partial charge in [0.1, 0.15) is 11.9 Å². The topological polar surface area (TPSA) is 103 Å². The molecule has 47 heavy (non-hydrogen) atoms. The molecule has 0 spiro atoms. The Kier molecular flexibility index (Phi) is 14.7. The molecule has 1 unspecified atom stereocenters. The average molecular weight is 671 g/mol. The van der Waals surface area contributed by atoms with Crippen LogP contribution in [0.4, 0.5) is 16.2 Å². The molecule has 2 fully saturated rings. The number of aliphatic imine (C=N–C) groups is 1. The second-order valence-electron chi connectivity index (χ2n) is 12.5. The molecule has 2 saturated heterocycles. The molecule has 4 rings (SSSR count). The summed E-state index contributed by atoms with van der Waals surface area (Å²) in [6, 6.07) is 10.6. The number of nitrogens with zero attached hydrogens (tertiary/aromatic N) is 2. The van der Waals surface area contributed by atoms with Gasteiger partial charge in [0.2, 0.25) is 0 Å². The zero-order valence-electron chi connectivity index (χ0n) is 28.3. The van der Waals surface area contributed by atoms with Crippen molar-refractivity contribution in [3.63, 3.8) is 0 Å². The fourth-order valence-electron chi connectivity index (χ4n) is 5.18. The fraction of sp³-hybridized carbons (Fsp3) is 0.556. The van der Waals surface area contributed by atoms with Gasteiger partial charge in [-0.1, -0.05) is 25.4 Å². The van der Waals surface area contributed by atoms with Crippen LogP contribution in [0.25, 0.3) is 0 Å². The molecule has 11 heteroatoms. The third-order valence-electron chi connectivity index (χ3n) is 8.04. The highest BCUT2D eigenvalue weighted by Crippen LogP contribution is 2.33. The third kappa shape index (κ3) is 12.3. The number of allylic oxidation sites excluding steroid dienone is 1. The normalized spacial score (nSPS) is 16.6. The second-order valence-corrected chi connectivity index (χ2v) is 12.9. The van der Waals surface area contributed by atoms with Gasteiger partial charge in [0.25, 0.3) is 0 Å². The fourth-order valence-corrected chi connectivity index (χ4v) is 5.39. The summed E-state index contributed by atoms with van der Waals surface area (Å²) >= 11 is 6.39. The maximum absolute atomic E-state index is 12.2. The summed E-state index contributed by atoms with van der Waals surface area (Å²) in [6.45, 7) is 16.5. The monoisotopic (exact) mass is 670 g/mol. The van der Waals surface area contributed by atoms with E-state index in [9.17, 15) is 4.79 Å². The third-order valence-corrected chi connectivity index (χ3v) is 8.35. The molecule has 2 heterocycles. The number of amides is 2. The molecule has 0 bridgehead atoms. The second kappa shape index (κ2) is 18.9. The van der Waals surface area contributed by atoms with Crippen molar-refractivity contribution in [1.82, 2.24) is 10.2 Å². The molecule has 2 aromatic rings. The molecule has 0 saturated carbocycles. The SMILES string of the molecule is CCCN(CCCOc1cc(N=CC=CC(C)Oc2ccc(NC(=O)NCC3COC3)c(Cl)c2)ccc1OCC)CCC1(C)COC1. The molecule has 0 aliphatic carbocycles. The van der Waals surface area contributed by atoms with E-state index < -0.39 is 0 Å². The molecule has 2 amide bonds. The number of carbonyl (C=O) groups is 1. The summed E-state index contributed by atoms with van der Waals surface area (Å²) < 4.78 is 28.5. The highest BCUT2D eigenvalue weighted by Gasteiger charge is 2.33. The van der Waals surface area contributed by atoms with E-state index in [-0.39, 0.29) is 12.1 Å². The summed E-state index contributed by atoms with van der Waals surface area (Å²) in [6.07, 6.45) is 8.47. The van der Waals surface area contributed by atoms with Crippen molar-refractivity contribution >= 4 is 35.2 Å². The Balaban J connectivity index is 1.22. The first-order chi connectivity index (χ1) is 22.8. The molecular formula is C36H51ClN4O6. The van der Waals surface area contributed by atoms with E-state index in [2.05, 4.69) is 34.4 Å². The molecule has 0 aromatic heterocycles. The Morgan fingerprint density at radius 2 is 1.94 bits per heavy atom. The van der Waals surface area contributed by atoms with Crippen LogP contribution in [0.2, 0.25) is 5.02 Å². The molecule has 2 aromatic carbocycles. The number of rotatable bonds is 20. The number of hydrogen-bond donors (Lipinski definition) is 2. The van der Waals surface area contributed by atoms with Crippen molar-refractivity contribution in [2.75, 3.05) is 71.1 Å². The van der Waals surface area contributed by atoms with Crippen LogP contribution < -0.4 is 24.8 Å². The Morgan fingerprint density at radius 3 is 2.62 bits per heavy atom. The molecule has 2 N–H and O–H groups in total. The molecule has 2 aliphatic heterocycles. The van der Waals surface area contributed by atoms with E-state index in [4.69, 9.17) is 35.3 Å². The van der Waals surface area contributed by atoms with Gasteiger partial charge in [0.15, 0.2) is 11.5 Å². The average Bonchev–Trinajstić information content (AvgIpc) is 3.01. The quantitative estimate of drug-likeness (QED) is 0.114. The van der Waals surface area contributed by atoms with E-state index >= 15 is 0 Å². The first-order valence-corrected chi connectivity index (χ1v) is 17.1. The number of halogens is 1. The van der Waals surface area contributed by atoms with Crippen molar-refractivity contribution in [2.45, 2.75) is 53.1 Å². The van der Waals surface area contributed by atoms with Crippen LogP contribution in [0, 0.1) is 11.3 Å². The van der Waals surface area contributed by atoms with Crippen molar-refractivity contribution in [3.8, 4) is 17.2 Å². The van der Waals surface area contributed by atoms with Crippen LogP contribution in [0.3, 0.4) is 0 Å². The number of hydrogen-bond acceptors (Lipinski definition) is 8. The van der Waals surface area contributed by atoms with Crippen LogP contribution in [-0.2, 0) is 9.47 Å². The summed E-state index contributed by atoms with van der Waals surface area (Å²) in [5.74, 6) is 2.38. The van der Waals surface area contributed by atoms with E-state index in [1.54, 1.807) is 24.4 Å². The zero-order chi connectivity index (χ0) is 33.5. The van der Waals surface area contributed by atoms with E-state index in [0.717, 1.165) is 57.1 Å². The minimum absolute atomic E-state index is 0.235. The van der Waals surface area contributed by atoms with E-state index in [1.165, 1.54) is 6.42 Å². The number of nitrogens with one attached hydrogen (secondary N) is 2. The number of carbonyl (C=O) groups excluding carboxylic acids is 1. The first kappa shape index (κ1) is 36.5. The lowest BCUT2D eigenvalue weighted by molar-refractivity contribution is -0.108.